The van der Waals surface area contributed by atoms with Gasteiger partial charge in [-0.3, -0.25) is 0 Å². The van der Waals surface area contributed by atoms with E-state index in [-0.39, 0.29) is 6.04 Å². The molecule has 1 N–H and O–H groups in total. The molecule has 0 saturated carbocycles. The molecule has 1 aromatic carbocycles. The zero-order valence-corrected chi connectivity index (χ0v) is 14.4. The summed E-state index contributed by atoms with van der Waals surface area (Å²) in [7, 11) is 4.13. The number of hydrogen-bond acceptors (Lipinski definition) is 6. The number of aryl methyl sites for hydroxylation is 1. The van der Waals surface area contributed by atoms with E-state index in [0.29, 0.717) is 19.5 Å². The van der Waals surface area contributed by atoms with E-state index in [0.717, 1.165) is 16.9 Å². The van der Waals surface area contributed by atoms with Gasteiger partial charge in [0, 0.05) is 6.54 Å². The van der Waals surface area contributed by atoms with E-state index in [9.17, 15) is 0 Å². The van der Waals surface area contributed by atoms with Crippen LogP contribution in [0, 0.1) is 11.3 Å². The molecule has 0 fully saturated rings. The van der Waals surface area contributed by atoms with E-state index in [1.165, 1.54) is 11.9 Å². The monoisotopic (exact) mass is 335 g/mol. The molecule has 0 aliphatic rings. The normalized spacial score (nSPS) is 12.2. The summed E-state index contributed by atoms with van der Waals surface area (Å²) in [4.78, 5) is 10.8. The maximum Gasteiger partial charge on any atom is 0.163 e. The van der Waals surface area contributed by atoms with Gasteiger partial charge >= 0.3 is 0 Å². The molecule has 7 heteroatoms. The Balaban J connectivity index is 1.80. The van der Waals surface area contributed by atoms with Gasteiger partial charge in [-0.25, -0.2) is 14.6 Å². The lowest BCUT2D eigenvalue weighted by Crippen LogP contribution is -2.27. The fraction of sp³-hybridized carbons (Fsp3) is 0.333. The molecule has 128 valence electrons. The SMILES string of the molecule is CN(C)C(CNc1ncnc2c1cnn2CCC#N)c1ccccc1. The molecule has 25 heavy (non-hydrogen) atoms. The van der Waals surface area contributed by atoms with Crippen molar-refractivity contribution in [1.82, 2.24) is 24.6 Å². The van der Waals surface area contributed by atoms with Gasteiger partial charge in [0.2, 0.25) is 0 Å². The van der Waals surface area contributed by atoms with Gasteiger partial charge in [0.15, 0.2) is 5.65 Å². The van der Waals surface area contributed by atoms with E-state index < -0.39 is 0 Å². The summed E-state index contributed by atoms with van der Waals surface area (Å²) in [5.74, 6) is 0.760. The number of anilines is 1. The van der Waals surface area contributed by atoms with Gasteiger partial charge in [-0.15, -0.1) is 0 Å². The second-order valence-electron chi connectivity index (χ2n) is 6.01. The first-order valence-corrected chi connectivity index (χ1v) is 8.19. The van der Waals surface area contributed by atoms with Crippen molar-refractivity contribution in [3.05, 3.63) is 48.4 Å². The van der Waals surface area contributed by atoms with Crippen LogP contribution in [0.25, 0.3) is 11.0 Å². The van der Waals surface area contributed by atoms with Gasteiger partial charge < -0.3 is 10.2 Å². The second kappa shape index (κ2) is 7.73. The largest absolute Gasteiger partial charge is 0.367 e. The van der Waals surface area contributed by atoms with Crippen LogP contribution in [0.3, 0.4) is 0 Å². The molecule has 7 nitrogen and oxygen atoms in total. The second-order valence-corrected chi connectivity index (χ2v) is 6.01. The molecular weight excluding hydrogens is 314 g/mol. The molecule has 2 aromatic heterocycles. The topological polar surface area (TPSA) is 82.7 Å². The highest BCUT2D eigenvalue weighted by Gasteiger charge is 2.15. The minimum absolute atomic E-state index is 0.222. The van der Waals surface area contributed by atoms with Crippen molar-refractivity contribution in [2.24, 2.45) is 0 Å². The molecule has 3 rings (SSSR count). The third-order valence-corrected chi connectivity index (χ3v) is 4.14. The molecule has 1 atom stereocenters. The summed E-state index contributed by atoms with van der Waals surface area (Å²) in [5.41, 5.74) is 1.99. The Labute approximate surface area is 146 Å². The van der Waals surface area contributed by atoms with Crippen LogP contribution in [0.2, 0.25) is 0 Å². The van der Waals surface area contributed by atoms with Crippen molar-refractivity contribution in [2.45, 2.75) is 19.0 Å². The summed E-state index contributed by atoms with van der Waals surface area (Å²) in [6.07, 6.45) is 3.69. The van der Waals surface area contributed by atoms with Crippen LogP contribution >= 0.6 is 0 Å². The number of rotatable bonds is 7. The molecule has 3 aromatic rings. The van der Waals surface area contributed by atoms with E-state index in [1.54, 1.807) is 10.9 Å². The van der Waals surface area contributed by atoms with Crippen LogP contribution in [0.4, 0.5) is 5.82 Å². The predicted octanol–water partition coefficient (Wildman–Crippen LogP) is 2.45. The van der Waals surface area contributed by atoms with Gasteiger partial charge in [-0.05, 0) is 19.7 Å². The molecule has 2 heterocycles. The molecule has 0 aliphatic carbocycles. The Morgan fingerprint density at radius 1 is 1.24 bits per heavy atom. The highest BCUT2D eigenvalue weighted by Crippen LogP contribution is 2.22. The quantitative estimate of drug-likeness (QED) is 0.714. The Bertz CT molecular complexity index is 864. The minimum atomic E-state index is 0.222. The van der Waals surface area contributed by atoms with Crippen LogP contribution in [0.15, 0.2) is 42.9 Å². The van der Waals surface area contributed by atoms with Crippen LogP contribution in [-0.2, 0) is 6.54 Å². The van der Waals surface area contributed by atoms with Crippen LogP contribution in [0.5, 0.6) is 0 Å². The summed E-state index contributed by atoms with van der Waals surface area (Å²) in [5, 5.41) is 17.4. The van der Waals surface area contributed by atoms with Crippen molar-refractivity contribution in [3.63, 3.8) is 0 Å². The zero-order chi connectivity index (χ0) is 17.6. The van der Waals surface area contributed by atoms with E-state index in [4.69, 9.17) is 5.26 Å². The highest BCUT2D eigenvalue weighted by atomic mass is 15.3. The molecule has 0 aliphatic heterocycles. The zero-order valence-electron chi connectivity index (χ0n) is 14.4. The highest BCUT2D eigenvalue weighted by molar-refractivity contribution is 5.86. The number of hydrogen-bond donors (Lipinski definition) is 1. The maximum absolute atomic E-state index is 8.76. The van der Waals surface area contributed by atoms with Crippen molar-refractivity contribution < 1.29 is 0 Å². The Morgan fingerprint density at radius 2 is 2.04 bits per heavy atom. The number of aromatic nitrogens is 4. The number of nitrogens with one attached hydrogen (secondary N) is 1. The number of fused-ring (bicyclic) bond motifs is 1. The number of benzene rings is 1. The average Bonchev–Trinajstić information content (AvgIpc) is 3.04. The smallest absolute Gasteiger partial charge is 0.163 e. The van der Waals surface area contributed by atoms with E-state index in [1.807, 2.05) is 18.2 Å². The van der Waals surface area contributed by atoms with E-state index >= 15 is 0 Å². The van der Waals surface area contributed by atoms with Gasteiger partial charge in [-0.2, -0.15) is 10.4 Å². The molecule has 0 bridgehead atoms. The first-order chi connectivity index (χ1) is 12.2. The standard InChI is InChI=1S/C18H21N7/c1-24(2)16(14-7-4-3-5-8-14)12-20-17-15-11-23-25(10-6-9-19)18(15)22-13-21-17/h3-5,7-8,11,13,16H,6,10,12H2,1-2H3,(H,20,21,22). The molecular formula is C18H21N7. The Kier molecular flexibility index (Phi) is 5.21. The lowest BCUT2D eigenvalue weighted by molar-refractivity contribution is 0.311. The third kappa shape index (κ3) is 3.75. The summed E-state index contributed by atoms with van der Waals surface area (Å²) >= 11 is 0. The van der Waals surface area contributed by atoms with E-state index in [2.05, 4.69) is 57.6 Å². The van der Waals surface area contributed by atoms with Crippen molar-refractivity contribution in [2.75, 3.05) is 26.0 Å². The average molecular weight is 335 g/mol. The fourth-order valence-corrected chi connectivity index (χ4v) is 2.82. The van der Waals surface area contributed by atoms with Gasteiger partial charge in [0.05, 0.1) is 36.7 Å². The molecule has 0 radical (unpaired) electrons. The Hall–Kier alpha value is -2.98. The lowest BCUT2D eigenvalue weighted by atomic mass is 10.1. The molecule has 0 spiro atoms. The Morgan fingerprint density at radius 3 is 2.76 bits per heavy atom. The molecule has 0 saturated heterocycles. The van der Waals surface area contributed by atoms with Crippen molar-refractivity contribution in [3.8, 4) is 6.07 Å². The van der Waals surface area contributed by atoms with Gasteiger partial charge in [0.25, 0.3) is 0 Å². The molecule has 1 unspecified atom stereocenters. The third-order valence-electron chi connectivity index (χ3n) is 4.14. The summed E-state index contributed by atoms with van der Waals surface area (Å²) in [6, 6.07) is 12.7. The van der Waals surface area contributed by atoms with Crippen molar-refractivity contribution in [1.29, 1.82) is 5.26 Å². The summed E-state index contributed by atoms with van der Waals surface area (Å²) in [6.45, 7) is 1.24. The van der Waals surface area contributed by atoms with Crippen LogP contribution in [-0.4, -0.2) is 45.3 Å². The lowest BCUT2D eigenvalue weighted by Gasteiger charge is -2.25. The van der Waals surface area contributed by atoms with Gasteiger partial charge in [-0.1, -0.05) is 30.3 Å². The number of likely N-dealkylation sites (N-methyl/N-ethyl adjacent to an activating group) is 1. The van der Waals surface area contributed by atoms with Gasteiger partial charge in [0.1, 0.15) is 12.1 Å². The minimum Gasteiger partial charge on any atom is -0.367 e. The van der Waals surface area contributed by atoms with Crippen LogP contribution < -0.4 is 5.32 Å². The fourth-order valence-electron chi connectivity index (χ4n) is 2.82. The molecule has 0 amide bonds. The number of nitriles is 1. The number of nitrogens with zero attached hydrogens (tertiary/aromatic N) is 6. The maximum atomic E-state index is 8.76. The first-order valence-electron chi connectivity index (χ1n) is 8.19. The first kappa shape index (κ1) is 16.9. The summed E-state index contributed by atoms with van der Waals surface area (Å²) < 4.78 is 1.74. The van der Waals surface area contributed by atoms with Crippen molar-refractivity contribution >= 4 is 16.9 Å². The predicted molar refractivity (Wildman–Crippen MR) is 96.9 cm³/mol. The van der Waals surface area contributed by atoms with Crippen LogP contribution in [0.1, 0.15) is 18.0 Å².